The third kappa shape index (κ3) is 4.55. The van der Waals surface area contributed by atoms with Crippen LogP contribution < -0.4 is 14.8 Å². The maximum absolute atomic E-state index is 13.6. The zero-order valence-corrected chi connectivity index (χ0v) is 19.1. The first-order valence-electron chi connectivity index (χ1n) is 10.9. The first-order chi connectivity index (χ1) is 15.9. The normalized spacial score (nSPS) is 17.3. The fourth-order valence-corrected chi connectivity index (χ4v) is 4.28. The van der Waals surface area contributed by atoms with Gasteiger partial charge in [0.2, 0.25) is 5.91 Å². The summed E-state index contributed by atoms with van der Waals surface area (Å²) in [5.41, 5.74) is 2.29. The van der Waals surface area contributed by atoms with E-state index in [1.54, 1.807) is 19.1 Å². The number of methoxy groups -OCH3 is 2. The number of rotatable bonds is 7. The molecule has 0 bridgehead atoms. The molecule has 1 unspecified atom stereocenters. The van der Waals surface area contributed by atoms with Crippen LogP contribution in [0, 0.1) is 0 Å². The number of fused-ring (bicyclic) bond motifs is 1. The average molecular weight is 445 g/mol. The highest BCUT2D eigenvalue weighted by molar-refractivity contribution is 6.02. The van der Waals surface area contributed by atoms with Crippen LogP contribution in [-0.2, 0) is 24.3 Å². The highest BCUT2D eigenvalue weighted by atomic mass is 16.5. The maximum Gasteiger partial charge on any atom is 0.255 e. The van der Waals surface area contributed by atoms with Crippen molar-refractivity contribution < 1.29 is 19.1 Å². The van der Waals surface area contributed by atoms with Gasteiger partial charge in [-0.1, -0.05) is 42.5 Å². The Kier molecular flexibility index (Phi) is 6.36. The number of hydrogen-bond acceptors (Lipinski definition) is 4. The Balaban J connectivity index is 1.63. The average Bonchev–Trinajstić information content (AvgIpc) is 2.85. The topological polar surface area (TPSA) is 67.9 Å². The second-order valence-electron chi connectivity index (χ2n) is 8.38. The van der Waals surface area contributed by atoms with E-state index in [0.29, 0.717) is 30.8 Å². The van der Waals surface area contributed by atoms with Gasteiger partial charge >= 0.3 is 0 Å². The number of nitrogens with zero attached hydrogens (tertiary/aromatic N) is 1. The third-order valence-corrected chi connectivity index (χ3v) is 6.17. The van der Waals surface area contributed by atoms with E-state index in [0.717, 1.165) is 22.4 Å². The molecule has 4 rings (SSSR count). The standard InChI is InChI=1S/C27H28N2O4/c1-27(26(31)28-17-19-8-6-11-22(14-19)32-2)16-21-10-4-5-13-24(21)25(30)29(27)18-20-9-7-12-23(15-20)33-3/h4-15H,16-18H2,1-3H3,(H,28,31). The third-order valence-electron chi connectivity index (χ3n) is 6.17. The lowest BCUT2D eigenvalue weighted by Gasteiger charge is -2.44. The van der Waals surface area contributed by atoms with E-state index in [1.807, 2.05) is 79.7 Å². The van der Waals surface area contributed by atoms with Crippen molar-refractivity contribution in [1.29, 1.82) is 0 Å². The van der Waals surface area contributed by atoms with E-state index in [2.05, 4.69) is 5.32 Å². The van der Waals surface area contributed by atoms with Crippen molar-refractivity contribution in [2.24, 2.45) is 0 Å². The van der Waals surface area contributed by atoms with Crippen molar-refractivity contribution in [3.05, 3.63) is 95.1 Å². The monoisotopic (exact) mass is 444 g/mol. The van der Waals surface area contributed by atoms with Gasteiger partial charge in [-0.25, -0.2) is 0 Å². The summed E-state index contributed by atoms with van der Waals surface area (Å²) < 4.78 is 10.6. The van der Waals surface area contributed by atoms with Crippen LogP contribution in [0.25, 0.3) is 0 Å². The van der Waals surface area contributed by atoms with E-state index >= 15 is 0 Å². The number of hydrogen-bond donors (Lipinski definition) is 1. The van der Waals surface area contributed by atoms with Crippen molar-refractivity contribution in [3.63, 3.8) is 0 Å². The number of carbonyl (C=O) groups is 2. The molecule has 1 aliphatic heterocycles. The van der Waals surface area contributed by atoms with Gasteiger partial charge in [0, 0.05) is 25.1 Å². The molecule has 0 spiro atoms. The van der Waals surface area contributed by atoms with Gasteiger partial charge in [-0.05, 0) is 53.9 Å². The van der Waals surface area contributed by atoms with E-state index in [4.69, 9.17) is 9.47 Å². The van der Waals surface area contributed by atoms with Crippen LogP contribution in [0.1, 0.15) is 34.0 Å². The van der Waals surface area contributed by atoms with E-state index in [-0.39, 0.29) is 11.8 Å². The smallest absolute Gasteiger partial charge is 0.255 e. The first kappa shape index (κ1) is 22.4. The zero-order chi connectivity index (χ0) is 23.4. The van der Waals surface area contributed by atoms with Crippen LogP contribution in [0.15, 0.2) is 72.8 Å². The number of benzene rings is 3. The quantitative estimate of drug-likeness (QED) is 0.599. The Morgan fingerprint density at radius 1 is 0.939 bits per heavy atom. The zero-order valence-electron chi connectivity index (χ0n) is 19.1. The molecule has 0 saturated carbocycles. The van der Waals surface area contributed by atoms with E-state index in [9.17, 15) is 9.59 Å². The molecule has 0 saturated heterocycles. The molecule has 170 valence electrons. The summed E-state index contributed by atoms with van der Waals surface area (Å²) in [7, 11) is 3.22. The van der Waals surface area contributed by atoms with Crippen LogP contribution in [0.4, 0.5) is 0 Å². The van der Waals surface area contributed by atoms with Gasteiger partial charge in [0.15, 0.2) is 0 Å². The highest BCUT2D eigenvalue weighted by Gasteiger charge is 2.46. The van der Waals surface area contributed by atoms with Gasteiger partial charge < -0.3 is 19.7 Å². The lowest BCUT2D eigenvalue weighted by Crippen LogP contribution is -2.62. The van der Waals surface area contributed by atoms with Crippen molar-refractivity contribution in [3.8, 4) is 11.5 Å². The van der Waals surface area contributed by atoms with Crippen molar-refractivity contribution in [2.75, 3.05) is 14.2 Å². The second-order valence-corrected chi connectivity index (χ2v) is 8.38. The van der Waals surface area contributed by atoms with E-state index in [1.165, 1.54) is 0 Å². The minimum Gasteiger partial charge on any atom is -0.497 e. The van der Waals surface area contributed by atoms with Crippen LogP contribution in [-0.4, -0.2) is 36.5 Å². The molecule has 0 aromatic heterocycles. The molecule has 2 amide bonds. The van der Waals surface area contributed by atoms with Crippen molar-refractivity contribution in [1.82, 2.24) is 10.2 Å². The second kappa shape index (κ2) is 9.36. The molecule has 0 fully saturated rings. The van der Waals surface area contributed by atoms with E-state index < -0.39 is 5.54 Å². The molecule has 33 heavy (non-hydrogen) atoms. The SMILES string of the molecule is COc1cccc(CNC(=O)C2(C)Cc3ccccc3C(=O)N2Cc2cccc(OC)c2)c1. The van der Waals surface area contributed by atoms with Crippen LogP contribution in [0.5, 0.6) is 11.5 Å². The molecule has 6 nitrogen and oxygen atoms in total. The number of carbonyl (C=O) groups excluding carboxylic acids is 2. The Hall–Kier alpha value is -3.80. The summed E-state index contributed by atoms with van der Waals surface area (Å²) in [5.74, 6) is 1.09. The summed E-state index contributed by atoms with van der Waals surface area (Å²) in [6.45, 7) is 2.48. The molecule has 1 heterocycles. The van der Waals surface area contributed by atoms with Gasteiger partial charge in [-0.2, -0.15) is 0 Å². The Morgan fingerprint density at radius 2 is 1.58 bits per heavy atom. The molecular formula is C27H28N2O4. The molecule has 0 radical (unpaired) electrons. The summed E-state index contributed by atoms with van der Waals surface area (Å²) in [5, 5.41) is 3.04. The molecule has 3 aromatic carbocycles. The fourth-order valence-electron chi connectivity index (χ4n) is 4.28. The summed E-state index contributed by atoms with van der Waals surface area (Å²) in [6.07, 6.45) is 0.433. The summed E-state index contributed by atoms with van der Waals surface area (Å²) in [4.78, 5) is 28.8. The molecule has 1 N–H and O–H groups in total. The van der Waals surface area contributed by atoms with Gasteiger partial charge in [-0.3, -0.25) is 9.59 Å². The molecule has 3 aromatic rings. The fraction of sp³-hybridized carbons (Fsp3) is 0.259. The Labute approximate surface area is 194 Å². The van der Waals surface area contributed by atoms with Gasteiger partial charge in [0.25, 0.3) is 5.91 Å². The van der Waals surface area contributed by atoms with Crippen LogP contribution >= 0.6 is 0 Å². The largest absolute Gasteiger partial charge is 0.497 e. The minimum absolute atomic E-state index is 0.154. The molecule has 1 aliphatic rings. The summed E-state index contributed by atoms with van der Waals surface area (Å²) in [6, 6.07) is 22.6. The predicted octanol–water partition coefficient (Wildman–Crippen LogP) is 3.98. The predicted molar refractivity (Wildman–Crippen MR) is 126 cm³/mol. The van der Waals surface area contributed by atoms with Gasteiger partial charge in [0.1, 0.15) is 17.0 Å². The molecule has 6 heteroatoms. The van der Waals surface area contributed by atoms with Crippen LogP contribution in [0.2, 0.25) is 0 Å². The lowest BCUT2D eigenvalue weighted by atomic mass is 9.82. The Morgan fingerprint density at radius 3 is 2.27 bits per heavy atom. The van der Waals surface area contributed by atoms with Crippen LogP contribution in [0.3, 0.4) is 0 Å². The van der Waals surface area contributed by atoms with Crippen molar-refractivity contribution in [2.45, 2.75) is 32.0 Å². The lowest BCUT2D eigenvalue weighted by molar-refractivity contribution is -0.132. The maximum atomic E-state index is 13.6. The Bertz CT molecular complexity index is 1180. The molecular weight excluding hydrogens is 416 g/mol. The van der Waals surface area contributed by atoms with Gasteiger partial charge in [-0.15, -0.1) is 0 Å². The van der Waals surface area contributed by atoms with Gasteiger partial charge in [0.05, 0.1) is 14.2 Å². The first-order valence-corrected chi connectivity index (χ1v) is 10.9. The molecule has 1 atom stereocenters. The van der Waals surface area contributed by atoms with Crippen molar-refractivity contribution >= 4 is 11.8 Å². The minimum atomic E-state index is -1.05. The summed E-state index contributed by atoms with van der Waals surface area (Å²) >= 11 is 0. The highest BCUT2D eigenvalue weighted by Crippen LogP contribution is 2.33. The molecule has 0 aliphatic carbocycles. The number of ether oxygens (including phenoxy) is 2. The number of amides is 2. The number of nitrogens with one attached hydrogen (secondary N) is 1.